The van der Waals surface area contributed by atoms with Crippen molar-refractivity contribution in [1.82, 2.24) is 15.5 Å². The molecule has 0 amide bonds. The number of ether oxygens (including phenoxy) is 2. The second-order valence-electron chi connectivity index (χ2n) is 8.14. The van der Waals surface area contributed by atoms with E-state index in [1.54, 1.807) is 14.2 Å². The van der Waals surface area contributed by atoms with Crippen LogP contribution < -0.4 is 15.4 Å². The minimum atomic E-state index is 0. The quantitative estimate of drug-likeness (QED) is 0.297. The lowest BCUT2D eigenvalue weighted by molar-refractivity contribution is -0.0212. The van der Waals surface area contributed by atoms with Gasteiger partial charge in [-0.1, -0.05) is 36.4 Å². The maximum Gasteiger partial charge on any atom is 0.191 e. The van der Waals surface area contributed by atoms with Crippen LogP contribution in [0.4, 0.5) is 0 Å². The first-order valence-corrected chi connectivity index (χ1v) is 11.1. The molecule has 0 saturated carbocycles. The van der Waals surface area contributed by atoms with Crippen molar-refractivity contribution in [2.24, 2.45) is 4.99 Å². The third-order valence-electron chi connectivity index (χ3n) is 5.58. The lowest BCUT2D eigenvalue weighted by atomic mass is 10.1. The molecule has 1 fully saturated rings. The lowest BCUT2D eigenvalue weighted by Gasteiger charge is -2.31. The number of benzene rings is 2. The molecule has 1 aliphatic heterocycles. The van der Waals surface area contributed by atoms with Crippen molar-refractivity contribution in [3.05, 3.63) is 64.7 Å². The summed E-state index contributed by atoms with van der Waals surface area (Å²) >= 11 is 0. The van der Waals surface area contributed by atoms with Gasteiger partial charge < -0.3 is 20.1 Å². The van der Waals surface area contributed by atoms with E-state index in [0.29, 0.717) is 6.10 Å². The van der Waals surface area contributed by atoms with Gasteiger partial charge >= 0.3 is 0 Å². The fourth-order valence-electron chi connectivity index (χ4n) is 3.88. The average molecular weight is 553 g/mol. The summed E-state index contributed by atoms with van der Waals surface area (Å²) < 4.78 is 11.1. The highest BCUT2D eigenvalue weighted by molar-refractivity contribution is 14.0. The number of aryl methyl sites for hydroxylation is 1. The number of guanidine groups is 1. The van der Waals surface area contributed by atoms with Gasteiger partial charge in [-0.15, -0.1) is 24.0 Å². The summed E-state index contributed by atoms with van der Waals surface area (Å²) in [5.74, 6) is 1.75. The molecular formula is C25H37IN4O2. The van der Waals surface area contributed by atoms with E-state index >= 15 is 0 Å². The molecule has 176 valence electrons. The molecule has 1 unspecified atom stereocenters. The summed E-state index contributed by atoms with van der Waals surface area (Å²) in [4.78, 5) is 6.81. The van der Waals surface area contributed by atoms with Crippen molar-refractivity contribution < 1.29 is 9.47 Å². The zero-order valence-corrected chi connectivity index (χ0v) is 22.0. The van der Waals surface area contributed by atoms with Crippen LogP contribution >= 0.6 is 24.0 Å². The molecule has 0 bridgehead atoms. The number of nitrogens with one attached hydrogen (secondary N) is 2. The third kappa shape index (κ3) is 8.26. The van der Waals surface area contributed by atoms with E-state index in [0.717, 1.165) is 63.0 Å². The van der Waals surface area contributed by atoms with Crippen LogP contribution in [0.2, 0.25) is 0 Å². The number of methoxy groups -OCH3 is 1. The Morgan fingerprint density at radius 3 is 2.72 bits per heavy atom. The molecule has 7 heteroatoms. The maximum absolute atomic E-state index is 5.65. The fourth-order valence-corrected chi connectivity index (χ4v) is 3.88. The van der Waals surface area contributed by atoms with E-state index in [4.69, 9.17) is 9.47 Å². The van der Waals surface area contributed by atoms with E-state index in [1.165, 1.54) is 16.7 Å². The van der Waals surface area contributed by atoms with Crippen LogP contribution in [0.25, 0.3) is 0 Å². The monoisotopic (exact) mass is 552 g/mol. The van der Waals surface area contributed by atoms with Gasteiger partial charge in [0.2, 0.25) is 0 Å². The second-order valence-corrected chi connectivity index (χ2v) is 8.14. The van der Waals surface area contributed by atoms with Crippen LogP contribution in [0.15, 0.2) is 47.5 Å². The van der Waals surface area contributed by atoms with Crippen molar-refractivity contribution >= 4 is 29.9 Å². The predicted octanol–water partition coefficient (Wildman–Crippen LogP) is 3.75. The van der Waals surface area contributed by atoms with Crippen molar-refractivity contribution in [1.29, 1.82) is 0 Å². The Balaban J connectivity index is 0.00000363. The Hall–Kier alpha value is -1.84. The molecule has 0 aromatic heterocycles. The maximum atomic E-state index is 5.65. The topological polar surface area (TPSA) is 58.1 Å². The number of hydrogen-bond donors (Lipinski definition) is 2. The molecule has 6 nitrogen and oxygen atoms in total. The molecule has 0 aliphatic carbocycles. The zero-order chi connectivity index (χ0) is 22.1. The first-order valence-electron chi connectivity index (χ1n) is 11.1. The lowest BCUT2D eigenvalue weighted by Crippen LogP contribution is -2.40. The van der Waals surface area contributed by atoms with Gasteiger partial charge in [0.05, 0.1) is 19.8 Å². The summed E-state index contributed by atoms with van der Waals surface area (Å²) in [5.41, 5.74) is 4.99. The van der Waals surface area contributed by atoms with Gasteiger partial charge in [0.1, 0.15) is 5.75 Å². The van der Waals surface area contributed by atoms with E-state index < -0.39 is 0 Å². The molecule has 3 rings (SSSR count). The van der Waals surface area contributed by atoms with E-state index in [9.17, 15) is 0 Å². The van der Waals surface area contributed by atoms with E-state index in [2.05, 4.69) is 76.8 Å². The summed E-state index contributed by atoms with van der Waals surface area (Å²) in [6.07, 6.45) is 1.22. The number of aliphatic imine (C=N–C) groups is 1. The number of nitrogens with zero attached hydrogens (tertiary/aromatic N) is 2. The smallest absolute Gasteiger partial charge is 0.191 e. The molecule has 2 aromatic carbocycles. The van der Waals surface area contributed by atoms with Crippen LogP contribution in [0.1, 0.15) is 29.2 Å². The molecule has 2 N–H and O–H groups in total. The van der Waals surface area contributed by atoms with Crippen molar-refractivity contribution in [2.75, 3.05) is 40.4 Å². The van der Waals surface area contributed by atoms with Crippen LogP contribution in [-0.2, 0) is 24.2 Å². The van der Waals surface area contributed by atoms with E-state index in [1.807, 2.05) is 0 Å². The minimum Gasteiger partial charge on any atom is -0.496 e. The highest BCUT2D eigenvalue weighted by Gasteiger charge is 2.16. The largest absolute Gasteiger partial charge is 0.496 e. The van der Waals surface area contributed by atoms with Gasteiger partial charge in [-0.2, -0.15) is 0 Å². The molecule has 1 atom stereocenters. The molecule has 1 heterocycles. The Morgan fingerprint density at radius 1 is 1.16 bits per heavy atom. The molecule has 1 aliphatic rings. The number of rotatable bonds is 8. The van der Waals surface area contributed by atoms with Crippen LogP contribution in [0, 0.1) is 6.92 Å². The third-order valence-corrected chi connectivity index (χ3v) is 5.58. The SMILES string of the molecule is CN=C(NCCc1ccc(C)c(OC)c1)NCc1cccc(CN2CCOC(C)C2)c1.I. The first-order chi connectivity index (χ1) is 15.1. The highest BCUT2D eigenvalue weighted by Crippen LogP contribution is 2.19. The van der Waals surface area contributed by atoms with Crippen molar-refractivity contribution in [2.45, 2.75) is 39.5 Å². The molecule has 1 saturated heterocycles. The van der Waals surface area contributed by atoms with Crippen molar-refractivity contribution in [3.8, 4) is 5.75 Å². The average Bonchev–Trinajstić information content (AvgIpc) is 2.77. The Labute approximate surface area is 209 Å². The van der Waals surface area contributed by atoms with Gasteiger partial charge in [-0.25, -0.2) is 0 Å². The number of morpholine rings is 1. The normalized spacial score (nSPS) is 16.9. The zero-order valence-electron chi connectivity index (χ0n) is 19.7. The summed E-state index contributed by atoms with van der Waals surface area (Å²) in [7, 11) is 3.52. The van der Waals surface area contributed by atoms with Gasteiger partial charge in [0, 0.05) is 39.8 Å². The Kier molecular flexibility index (Phi) is 11.3. The molecule has 0 radical (unpaired) electrons. The van der Waals surface area contributed by atoms with Gasteiger partial charge in [0.15, 0.2) is 5.96 Å². The van der Waals surface area contributed by atoms with Gasteiger partial charge in [-0.3, -0.25) is 9.89 Å². The van der Waals surface area contributed by atoms with Crippen LogP contribution in [-0.4, -0.2) is 57.4 Å². The standard InChI is InChI=1S/C25H36N4O2.HI/c1-19-8-9-21(15-24(19)30-4)10-11-27-25(26-3)28-16-22-6-5-7-23(14-22)18-29-12-13-31-20(2)17-29;/h5-9,14-15,20H,10-13,16-18H2,1-4H3,(H2,26,27,28);1H. The number of halogens is 1. The van der Waals surface area contributed by atoms with Gasteiger partial charge in [-0.05, 0) is 48.6 Å². The van der Waals surface area contributed by atoms with Crippen LogP contribution in [0.3, 0.4) is 0 Å². The molecule has 2 aromatic rings. The summed E-state index contributed by atoms with van der Waals surface area (Å²) in [5, 5.41) is 6.82. The predicted molar refractivity (Wildman–Crippen MR) is 142 cm³/mol. The van der Waals surface area contributed by atoms with Gasteiger partial charge in [0.25, 0.3) is 0 Å². The van der Waals surface area contributed by atoms with Crippen molar-refractivity contribution in [3.63, 3.8) is 0 Å². The fraction of sp³-hybridized carbons (Fsp3) is 0.480. The molecular weight excluding hydrogens is 515 g/mol. The number of hydrogen-bond acceptors (Lipinski definition) is 4. The van der Waals surface area contributed by atoms with E-state index in [-0.39, 0.29) is 24.0 Å². The first kappa shape index (κ1) is 26.4. The Morgan fingerprint density at radius 2 is 1.97 bits per heavy atom. The molecule has 0 spiro atoms. The Bertz CT molecular complexity index is 875. The summed E-state index contributed by atoms with van der Waals surface area (Å²) in [6, 6.07) is 15.1. The second kappa shape index (κ2) is 13.6. The minimum absolute atomic E-state index is 0. The van der Waals surface area contributed by atoms with Crippen LogP contribution in [0.5, 0.6) is 5.75 Å². The highest BCUT2D eigenvalue weighted by atomic mass is 127. The molecule has 32 heavy (non-hydrogen) atoms. The summed E-state index contributed by atoms with van der Waals surface area (Å²) in [6.45, 7) is 9.52.